The van der Waals surface area contributed by atoms with Gasteiger partial charge in [0.2, 0.25) is 0 Å². The molecule has 1 aromatic heterocycles. The van der Waals surface area contributed by atoms with Crippen LogP contribution in [-0.4, -0.2) is 35.2 Å². The van der Waals surface area contributed by atoms with Crippen molar-refractivity contribution in [1.82, 2.24) is 15.5 Å². The number of halogens is 2. The second kappa shape index (κ2) is 8.02. The number of nitrogens with zero attached hydrogens (tertiary/aromatic N) is 2. The molecule has 144 valence electrons. The minimum absolute atomic E-state index is 0.0171. The van der Waals surface area contributed by atoms with Crippen LogP contribution in [0.3, 0.4) is 0 Å². The maximum Gasteiger partial charge on any atom is 0.253 e. The molecule has 0 spiro atoms. The molecule has 1 fully saturated rings. The lowest BCUT2D eigenvalue weighted by molar-refractivity contribution is 0.0933. The molecule has 5 nitrogen and oxygen atoms in total. The number of hydrogen-bond acceptors (Lipinski definition) is 3. The van der Waals surface area contributed by atoms with Crippen molar-refractivity contribution < 1.29 is 9.18 Å². The van der Waals surface area contributed by atoms with Gasteiger partial charge < -0.3 is 10.2 Å². The van der Waals surface area contributed by atoms with Gasteiger partial charge >= 0.3 is 0 Å². The maximum atomic E-state index is 13.1. The standard InChI is InChI=1S/C21H20ClFN4O/c22-18-6-2-1-5-17(18)21(28)24-16-4-3-11-27(13-16)20-12-19(25-26-20)14-7-9-15(23)10-8-14/h1-2,5-10,12,16H,3-4,11,13H2,(H,24,28)(H,25,26)/t16-/m1/s1. The minimum atomic E-state index is -0.267. The lowest BCUT2D eigenvalue weighted by Gasteiger charge is -2.33. The van der Waals surface area contributed by atoms with Crippen molar-refractivity contribution in [2.45, 2.75) is 18.9 Å². The monoisotopic (exact) mass is 398 g/mol. The Morgan fingerprint density at radius 1 is 1.21 bits per heavy atom. The molecule has 1 aliphatic heterocycles. The third-order valence-electron chi connectivity index (χ3n) is 4.92. The molecular formula is C21H20ClFN4O. The highest BCUT2D eigenvalue weighted by atomic mass is 35.5. The van der Waals surface area contributed by atoms with Gasteiger partial charge in [-0.15, -0.1) is 0 Å². The van der Waals surface area contributed by atoms with E-state index in [1.807, 2.05) is 6.07 Å². The summed E-state index contributed by atoms with van der Waals surface area (Å²) in [5.41, 5.74) is 2.19. The van der Waals surface area contributed by atoms with Crippen LogP contribution in [0, 0.1) is 5.82 Å². The maximum absolute atomic E-state index is 13.1. The summed E-state index contributed by atoms with van der Waals surface area (Å²) in [6.45, 7) is 1.54. The van der Waals surface area contributed by atoms with Crippen LogP contribution in [0.25, 0.3) is 11.3 Å². The second-order valence-corrected chi connectivity index (χ2v) is 7.29. The van der Waals surface area contributed by atoms with Gasteiger partial charge in [0.15, 0.2) is 5.82 Å². The summed E-state index contributed by atoms with van der Waals surface area (Å²) in [6.07, 6.45) is 1.86. The molecular weight excluding hydrogens is 379 g/mol. The first-order valence-electron chi connectivity index (χ1n) is 9.22. The summed E-state index contributed by atoms with van der Waals surface area (Å²) in [4.78, 5) is 14.7. The smallest absolute Gasteiger partial charge is 0.253 e. The van der Waals surface area contributed by atoms with Gasteiger partial charge in [0.05, 0.1) is 16.3 Å². The third-order valence-corrected chi connectivity index (χ3v) is 5.25. The van der Waals surface area contributed by atoms with Crippen LogP contribution < -0.4 is 10.2 Å². The van der Waals surface area contributed by atoms with Crippen molar-refractivity contribution >= 4 is 23.3 Å². The van der Waals surface area contributed by atoms with Crippen LogP contribution in [0.4, 0.5) is 10.2 Å². The number of benzene rings is 2. The van der Waals surface area contributed by atoms with Crippen LogP contribution in [0.5, 0.6) is 0 Å². The van der Waals surface area contributed by atoms with E-state index in [1.54, 1.807) is 36.4 Å². The molecule has 0 bridgehead atoms. The number of rotatable bonds is 4. The van der Waals surface area contributed by atoms with Crippen molar-refractivity contribution in [1.29, 1.82) is 0 Å². The van der Waals surface area contributed by atoms with Gasteiger partial charge in [-0.3, -0.25) is 9.89 Å². The van der Waals surface area contributed by atoms with E-state index in [-0.39, 0.29) is 17.8 Å². The first kappa shape index (κ1) is 18.5. The number of hydrogen-bond donors (Lipinski definition) is 2. The predicted molar refractivity (Wildman–Crippen MR) is 108 cm³/mol. The molecule has 1 saturated heterocycles. The average molecular weight is 399 g/mol. The van der Waals surface area contributed by atoms with Crippen LogP contribution in [0.2, 0.25) is 5.02 Å². The summed E-state index contributed by atoms with van der Waals surface area (Å²) >= 11 is 6.12. The highest BCUT2D eigenvalue weighted by Gasteiger charge is 2.24. The van der Waals surface area contributed by atoms with E-state index < -0.39 is 0 Å². The van der Waals surface area contributed by atoms with Gasteiger partial charge in [0, 0.05) is 25.2 Å². The normalized spacial score (nSPS) is 16.8. The predicted octanol–water partition coefficient (Wildman–Crippen LogP) is 4.27. The fourth-order valence-corrected chi connectivity index (χ4v) is 3.68. The van der Waals surface area contributed by atoms with Crippen LogP contribution in [0.1, 0.15) is 23.2 Å². The number of carbonyl (C=O) groups excluding carboxylic acids is 1. The Balaban J connectivity index is 1.43. The Bertz CT molecular complexity index is 973. The fraction of sp³-hybridized carbons (Fsp3) is 0.238. The topological polar surface area (TPSA) is 61.0 Å². The number of carbonyl (C=O) groups is 1. The van der Waals surface area contributed by atoms with Crippen LogP contribution in [-0.2, 0) is 0 Å². The number of H-pyrrole nitrogens is 1. The molecule has 1 amide bonds. The van der Waals surface area contributed by atoms with E-state index in [2.05, 4.69) is 20.4 Å². The summed E-state index contributed by atoms with van der Waals surface area (Å²) < 4.78 is 13.1. The molecule has 0 radical (unpaired) electrons. The van der Waals surface area contributed by atoms with E-state index >= 15 is 0 Å². The highest BCUT2D eigenvalue weighted by Crippen LogP contribution is 2.24. The molecule has 0 unspecified atom stereocenters. The molecule has 2 aromatic carbocycles. The third kappa shape index (κ3) is 4.02. The van der Waals surface area contributed by atoms with Gasteiger partial charge in [-0.1, -0.05) is 23.7 Å². The van der Waals surface area contributed by atoms with Crippen molar-refractivity contribution in [3.05, 3.63) is 71.0 Å². The zero-order valence-electron chi connectivity index (χ0n) is 15.2. The minimum Gasteiger partial charge on any atom is -0.353 e. The fourth-order valence-electron chi connectivity index (χ4n) is 3.46. The zero-order valence-corrected chi connectivity index (χ0v) is 15.9. The summed E-state index contributed by atoms with van der Waals surface area (Å²) in [5, 5.41) is 10.9. The van der Waals surface area contributed by atoms with Crippen molar-refractivity contribution in [2.75, 3.05) is 18.0 Å². The average Bonchev–Trinajstić information content (AvgIpc) is 3.19. The Hall–Kier alpha value is -2.86. The van der Waals surface area contributed by atoms with E-state index in [1.165, 1.54) is 12.1 Å². The number of piperidine rings is 1. The van der Waals surface area contributed by atoms with E-state index in [0.717, 1.165) is 36.5 Å². The SMILES string of the molecule is O=C(N[C@@H]1CCCN(c2cc(-c3ccc(F)cc3)[nH]n2)C1)c1ccccc1Cl. The molecule has 0 saturated carbocycles. The number of nitrogens with one attached hydrogen (secondary N) is 2. The first-order chi connectivity index (χ1) is 13.6. The Kier molecular flexibility index (Phi) is 5.30. The number of aromatic nitrogens is 2. The summed E-state index contributed by atoms with van der Waals surface area (Å²) in [5.74, 6) is 0.388. The van der Waals surface area contributed by atoms with Gasteiger partial charge in [-0.05, 0) is 54.8 Å². The molecule has 4 rings (SSSR count). The number of aromatic amines is 1. The van der Waals surface area contributed by atoms with E-state index in [0.29, 0.717) is 17.1 Å². The lowest BCUT2D eigenvalue weighted by Crippen LogP contribution is -2.48. The Morgan fingerprint density at radius 2 is 2.00 bits per heavy atom. The molecule has 7 heteroatoms. The van der Waals surface area contributed by atoms with Gasteiger partial charge in [-0.2, -0.15) is 5.10 Å². The van der Waals surface area contributed by atoms with E-state index in [4.69, 9.17) is 11.6 Å². The van der Waals surface area contributed by atoms with Gasteiger partial charge in [0.1, 0.15) is 5.82 Å². The van der Waals surface area contributed by atoms with Gasteiger partial charge in [0.25, 0.3) is 5.91 Å². The quantitative estimate of drug-likeness (QED) is 0.690. The lowest BCUT2D eigenvalue weighted by atomic mass is 10.0. The number of amides is 1. The van der Waals surface area contributed by atoms with Crippen LogP contribution >= 0.6 is 11.6 Å². The van der Waals surface area contributed by atoms with Crippen LogP contribution in [0.15, 0.2) is 54.6 Å². The molecule has 2 heterocycles. The molecule has 1 atom stereocenters. The number of anilines is 1. The van der Waals surface area contributed by atoms with E-state index in [9.17, 15) is 9.18 Å². The molecule has 0 aliphatic carbocycles. The largest absolute Gasteiger partial charge is 0.353 e. The summed E-state index contributed by atoms with van der Waals surface area (Å²) in [6, 6.07) is 15.3. The van der Waals surface area contributed by atoms with Crippen molar-refractivity contribution in [3.63, 3.8) is 0 Å². The Morgan fingerprint density at radius 3 is 2.79 bits per heavy atom. The second-order valence-electron chi connectivity index (χ2n) is 6.89. The first-order valence-corrected chi connectivity index (χ1v) is 9.59. The summed E-state index contributed by atoms with van der Waals surface area (Å²) in [7, 11) is 0. The van der Waals surface area contributed by atoms with Crippen molar-refractivity contribution in [2.24, 2.45) is 0 Å². The zero-order chi connectivity index (χ0) is 19.5. The molecule has 2 N–H and O–H groups in total. The molecule has 1 aliphatic rings. The molecule has 3 aromatic rings. The van der Waals surface area contributed by atoms with Crippen molar-refractivity contribution in [3.8, 4) is 11.3 Å². The molecule has 28 heavy (non-hydrogen) atoms. The highest BCUT2D eigenvalue weighted by molar-refractivity contribution is 6.33. The van der Waals surface area contributed by atoms with Gasteiger partial charge in [-0.25, -0.2) is 4.39 Å². The Labute approximate surface area is 167 Å².